The molecule has 2 aliphatic heterocycles. The van der Waals surface area contributed by atoms with E-state index in [1.807, 2.05) is 4.90 Å². The van der Waals surface area contributed by atoms with Crippen molar-refractivity contribution in [3.8, 4) is 0 Å². The first-order chi connectivity index (χ1) is 16.4. The van der Waals surface area contributed by atoms with Crippen molar-refractivity contribution in [2.75, 3.05) is 49.1 Å². The van der Waals surface area contributed by atoms with Crippen LogP contribution in [0.15, 0.2) is 48.5 Å². The molecule has 1 amide bonds. The third kappa shape index (κ3) is 9.39. The van der Waals surface area contributed by atoms with Crippen molar-refractivity contribution < 1.29 is 4.79 Å². The molecule has 4 nitrogen and oxygen atoms in total. The summed E-state index contributed by atoms with van der Waals surface area (Å²) in [6.07, 6.45) is 4.10. The van der Waals surface area contributed by atoms with E-state index < -0.39 is 0 Å². The summed E-state index contributed by atoms with van der Waals surface area (Å²) in [4.78, 5) is 18.1. The van der Waals surface area contributed by atoms with Crippen LogP contribution < -0.4 is 9.80 Å². The predicted molar refractivity (Wildman–Crippen MR) is 164 cm³/mol. The fraction of sp³-hybridized carbons (Fsp3) is 0.606. The van der Waals surface area contributed by atoms with Gasteiger partial charge in [0.25, 0.3) is 0 Å². The van der Waals surface area contributed by atoms with Crippen LogP contribution in [0.1, 0.15) is 93.7 Å². The number of carbonyl (C=O) groups is 1. The second kappa shape index (κ2) is 13.9. The van der Waals surface area contributed by atoms with Gasteiger partial charge < -0.3 is 14.7 Å². The number of amides is 1. The minimum absolute atomic E-state index is 0. The number of hydrogen-bond acceptors (Lipinski definition) is 3. The fourth-order valence-electron chi connectivity index (χ4n) is 4.78. The molecule has 2 aliphatic rings. The lowest BCUT2D eigenvalue weighted by molar-refractivity contribution is -0.129. The van der Waals surface area contributed by atoms with Crippen LogP contribution in [0.4, 0.5) is 11.4 Å². The SMILES string of the molecule is C.C.CC(=O)N1CCN(c2ccc(C(C)(C)C)cc2)CC1.CC(C)(C)c1ccc(N2CCCCC2)cc1. The molecule has 2 saturated heterocycles. The molecule has 0 bridgehead atoms. The molecule has 0 N–H and O–H groups in total. The highest BCUT2D eigenvalue weighted by Crippen LogP contribution is 2.27. The van der Waals surface area contributed by atoms with E-state index >= 15 is 0 Å². The summed E-state index contributed by atoms with van der Waals surface area (Å²) >= 11 is 0. The Balaban J connectivity index is 0.000000355. The second-order valence-electron chi connectivity index (χ2n) is 12.1. The van der Waals surface area contributed by atoms with E-state index in [9.17, 15) is 4.79 Å². The van der Waals surface area contributed by atoms with Gasteiger partial charge in [0.2, 0.25) is 5.91 Å². The number of anilines is 2. The first kappa shape index (κ1) is 32.5. The largest absolute Gasteiger partial charge is 0.372 e. The van der Waals surface area contributed by atoms with E-state index in [4.69, 9.17) is 0 Å². The van der Waals surface area contributed by atoms with Gasteiger partial charge in [-0.2, -0.15) is 0 Å². The van der Waals surface area contributed by atoms with Gasteiger partial charge in [-0.3, -0.25) is 4.79 Å². The Labute approximate surface area is 229 Å². The average molecular weight is 510 g/mol. The molecule has 0 radical (unpaired) electrons. The monoisotopic (exact) mass is 509 g/mol. The molecule has 37 heavy (non-hydrogen) atoms. The molecule has 4 heteroatoms. The Morgan fingerprint density at radius 1 is 0.568 bits per heavy atom. The Morgan fingerprint density at radius 2 is 0.919 bits per heavy atom. The van der Waals surface area contributed by atoms with E-state index in [1.54, 1.807) is 6.92 Å². The van der Waals surface area contributed by atoms with E-state index in [-0.39, 0.29) is 31.6 Å². The molecular formula is C33H55N3O. The summed E-state index contributed by atoms with van der Waals surface area (Å²) in [6, 6.07) is 18.0. The van der Waals surface area contributed by atoms with Gasteiger partial charge >= 0.3 is 0 Å². The van der Waals surface area contributed by atoms with Crippen LogP contribution in [0.2, 0.25) is 0 Å². The topological polar surface area (TPSA) is 26.8 Å². The summed E-state index contributed by atoms with van der Waals surface area (Å²) in [5.41, 5.74) is 5.91. The molecule has 0 spiro atoms. The van der Waals surface area contributed by atoms with Crippen LogP contribution in [0.3, 0.4) is 0 Å². The average Bonchev–Trinajstić information content (AvgIpc) is 2.84. The minimum atomic E-state index is 0. The molecule has 0 atom stereocenters. The lowest BCUT2D eigenvalue weighted by Crippen LogP contribution is -2.48. The Bertz CT molecular complexity index is 922. The Kier molecular flexibility index (Phi) is 12.2. The number of carbonyl (C=O) groups excluding carboxylic acids is 1. The normalized spacial score (nSPS) is 16.1. The van der Waals surface area contributed by atoms with E-state index in [0.717, 1.165) is 26.2 Å². The number of piperidine rings is 1. The molecule has 0 saturated carbocycles. The van der Waals surface area contributed by atoms with Crippen LogP contribution in [0.5, 0.6) is 0 Å². The molecule has 2 heterocycles. The van der Waals surface area contributed by atoms with Crippen molar-refractivity contribution in [3.63, 3.8) is 0 Å². The van der Waals surface area contributed by atoms with Gasteiger partial charge in [-0.1, -0.05) is 80.7 Å². The number of piperazine rings is 1. The molecular weight excluding hydrogens is 454 g/mol. The van der Waals surface area contributed by atoms with Gasteiger partial charge in [0.15, 0.2) is 0 Å². The summed E-state index contributed by atoms with van der Waals surface area (Å²) in [5.74, 6) is 0.183. The van der Waals surface area contributed by atoms with Crippen molar-refractivity contribution >= 4 is 17.3 Å². The number of nitrogens with zero attached hydrogens (tertiary/aromatic N) is 3. The van der Waals surface area contributed by atoms with Gasteiger partial charge in [0.1, 0.15) is 0 Å². The molecule has 0 unspecified atom stereocenters. The van der Waals surface area contributed by atoms with Crippen molar-refractivity contribution in [1.82, 2.24) is 4.90 Å². The standard InChI is InChI=1S/C16H24N2O.C15H23N.2CH4/c1-13(19)17-9-11-18(12-10-17)15-7-5-14(6-8-15)16(2,3)4;1-15(2,3)13-7-9-14(10-8-13)16-11-5-4-6-12-16;;/h5-8H,9-12H2,1-4H3;7-10H,4-6,11-12H2,1-3H3;2*1H4. The van der Waals surface area contributed by atoms with Gasteiger partial charge in [-0.15, -0.1) is 0 Å². The minimum Gasteiger partial charge on any atom is -0.372 e. The highest BCUT2D eigenvalue weighted by molar-refractivity contribution is 5.73. The third-order valence-electron chi connectivity index (χ3n) is 7.28. The summed E-state index contributed by atoms with van der Waals surface area (Å²) in [5, 5.41) is 0. The summed E-state index contributed by atoms with van der Waals surface area (Å²) in [6.45, 7) is 21.1. The molecule has 4 rings (SSSR count). The maximum Gasteiger partial charge on any atom is 0.219 e. The van der Waals surface area contributed by atoms with E-state index in [1.165, 1.54) is 54.9 Å². The van der Waals surface area contributed by atoms with E-state index in [2.05, 4.69) is 99.9 Å². The van der Waals surface area contributed by atoms with Crippen LogP contribution in [0.25, 0.3) is 0 Å². The maximum atomic E-state index is 11.3. The first-order valence-corrected chi connectivity index (χ1v) is 13.4. The van der Waals surface area contributed by atoms with Crippen LogP contribution >= 0.6 is 0 Å². The maximum absolute atomic E-state index is 11.3. The zero-order valence-corrected chi connectivity index (χ0v) is 23.2. The summed E-state index contributed by atoms with van der Waals surface area (Å²) < 4.78 is 0. The van der Waals surface area contributed by atoms with Crippen molar-refractivity contribution in [2.45, 2.75) is 93.4 Å². The molecule has 208 valence electrons. The third-order valence-corrected chi connectivity index (χ3v) is 7.28. The highest BCUT2D eigenvalue weighted by atomic mass is 16.2. The zero-order valence-electron chi connectivity index (χ0n) is 23.2. The fourth-order valence-corrected chi connectivity index (χ4v) is 4.78. The summed E-state index contributed by atoms with van der Waals surface area (Å²) in [7, 11) is 0. The number of benzene rings is 2. The molecule has 2 aromatic rings. The molecule has 0 aromatic heterocycles. The quantitative estimate of drug-likeness (QED) is 0.412. The first-order valence-electron chi connectivity index (χ1n) is 13.4. The second-order valence-corrected chi connectivity index (χ2v) is 12.1. The van der Waals surface area contributed by atoms with Crippen molar-refractivity contribution in [1.29, 1.82) is 0 Å². The van der Waals surface area contributed by atoms with Crippen LogP contribution in [-0.4, -0.2) is 50.1 Å². The number of rotatable bonds is 2. The van der Waals surface area contributed by atoms with Crippen LogP contribution in [-0.2, 0) is 15.6 Å². The smallest absolute Gasteiger partial charge is 0.219 e. The van der Waals surface area contributed by atoms with Crippen molar-refractivity contribution in [2.24, 2.45) is 0 Å². The molecule has 2 fully saturated rings. The number of hydrogen-bond donors (Lipinski definition) is 0. The molecule has 2 aromatic carbocycles. The highest BCUT2D eigenvalue weighted by Gasteiger charge is 2.20. The van der Waals surface area contributed by atoms with Gasteiger partial charge in [0.05, 0.1) is 0 Å². The lowest BCUT2D eigenvalue weighted by atomic mass is 9.87. The predicted octanol–water partition coefficient (Wildman–Crippen LogP) is 7.90. The van der Waals surface area contributed by atoms with Crippen molar-refractivity contribution in [3.05, 3.63) is 59.7 Å². The zero-order chi connectivity index (χ0) is 25.6. The van der Waals surface area contributed by atoms with Gasteiger partial charge in [0, 0.05) is 57.6 Å². The lowest BCUT2D eigenvalue weighted by Gasteiger charge is -2.35. The molecule has 0 aliphatic carbocycles. The Hall–Kier alpha value is -2.49. The van der Waals surface area contributed by atoms with Gasteiger partial charge in [-0.05, 0) is 65.5 Å². The van der Waals surface area contributed by atoms with E-state index in [0.29, 0.717) is 0 Å². The van der Waals surface area contributed by atoms with Gasteiger partial charge in [-0.25, -0.2) is 0 Å². The van der Waals surface area contributed by atoms with Crippen LogP contribution in [0, 0.1) is 0 Å². The Morgan fingerprint density at radius 3 is 1.24 bits per heavy atom.